The summed E-state index contributed by atoms with van der Waals surface area (Å²) >= 11 is 0. The van der Waals surface area contributed by atoms with Crippen LogP contribution in [0, 0.1) is 0 Å². The largest absolute Gasteiger partial charge is 0.411 e. The molecule has 0 spiro atoms. The number of hydrogen-bond acceptors (Lipinski definition) is 3. The third-order valence-corrected chi connectivity index (χ3v) is 3.10. The van der Waals surface area contributed by atoms with Crippen molar-refractivity contribution in [3.8, 4) is 0 Å². The van der Waals surface area contributed by atoms with Gasteiger partial charge in [-0.15, -0.1) is 0 Å². The molecule has 0 radical (unpaired) electrons. The molecule has 1 saturated carbocycles. The molecule has 1 rings (SSSR count). The monoisotopic (exact) mass is 255 g/mol. The van der Waals surface area contributed by atoms with E-state index in [1.807, 2.05) is 6.92 Å². The van der Waals surface area contributed by atoms with Gasteiger partial charge in [-0.25, -0.2) is 0 Å². The minimum absolute atomic E-state index is 0.0567. The van der Waals surface area contributed by atoms with E-state index >= 15 is 0 Å². The minimum Gasteiger partial charge on any atom is -0.394 e. The third-order valence-electron chi connectivity index (χ3n) is 3.10. The fraction of sp³-hybridized carbons (Fsp3) is 1.00. The number of ether oxygens (including phenoxy) is 1. The topological polar surface area (TPSA) is 41.5 Å². The predicted octanol–water partition coefficient (Wildman–Crippen LogP) is 1.85. The Bertz CT molecular complexity index is 235. The predicted molar refractivity (Wildman–Crippen MR) is 57.8 cm³/mol. The van der Waals surface area contributed by atoms with Crippen molar-refractivity contribution in [2.45, 2.75) is 50.4 Å². The van der Waals surface area contributed by atoms with Crippen molar-refractivity contribution < 1.29 is 23.0 Å². The number of aliphatic hydroxyl groups is 1. The van der Waals surface area contributed by atoms with Gasteiger partial charge in [0.15, 0.2) is 0 Å². The van der Waals surface area contributed by atoms with E-state index in [9.17, 15) is 18.3 Å². The molecule has 1 aliphatic carbocycles. The van der Waals surface area contributed by atoms with Crippen molar-refractivity contribution in [2.24, 2.45) is 0 Å². The molecular formula is C11H20F3NO2. The van der Waals surface area contributed by atoms with Crippen LogP contribution in [0.1, 0.15) is 32.6 Å². The fourth-order valence-corrected chi connectivity index (χ4v) is 2.18. The Kier molecular flexibility index (Phi) is 5.22. The second-order valence-corrected chi connectivity index (χ2v) is 4.66. The van der Waals surface area contributed by atoms with Crippen LogP contribution in [-0.4, -0.2) is 42.7 Å². The Morgan fingerprint density at radius 2 is 2.18 bits per heavy atom. The Balaban J connectivity index is 2.38. The van der Waals surface area contributed by atoms with E-state index in [1.54, 1.807) is 0 Å². The van der Waals surface area contributed by atoms with Gasteiger partial charge in [0, 0.05) is 5.54 Å². The molecule has 1 fully saturated rings. The summed E-state index contributed by atoms with van der Waals surface area (Å²) in [4.78, 5) is 0. The summed E-state index contributed by atoms with van der Waals surface area (Å²) in [7, 11) is 0. The van der Waals surface area contributed by atoms with Crippen LogP contribution in [0.15, 0.2) is 0 Å². The number of aliphatic hydroxyl groups excluding tert-OH is 1. The summed E-state index contributed by atoms with van der Waals surface area (Å²) < 4.78 is 40.8. The molecule has 2 unspecified atom stereocenters. The second kappa shape index (κ2) is 6.02. The maximum atomic E-state index is 12.0. The van der Waals surface area contributed by atoms with Gasteiger partial charge in [-0.2, -0.15) is 13.2 Å². The van der Waals surface area contributed by atoms with Gasteiger partial charge >= 0.3 is 6.18 Å². The van der Waals surface area contributed by atoms with E-state index in [2.05, 4.69) is 5.32 Å². The average Bonchev–Trinajstić information content (AvgIpc) is 2.67. The zero-order chi connectivity index (χ0) is 12.9. The first-order valence-corrected chi connectivity index (χ1v) is 5.95. The lowest BCUT2D eigenvalue weighted by Gasteiger charge is -2.28. The van der Waals surface area contributed by atoms with Gasteiger partial charge in [0.1, 0.15) is 6.61 Å². The van der Waals surface area contributed by atoms with Crippen LogP contribution in [0.5, 0.6) is 0 Å². The molecule has 0 aromatic heterocycles. The average molecular weight is 255 g/mol. The highest BCUT2D eigenvalue weighted by molar-refractivity contribution is 4.96. The number of nitrogens with one attached hydrogen (secondary N) is 1. The van der Waals surface area contributed by atoms with Gasteiger partial charge < -0.3 is 15.2 Å². The first-order chi connectivity index (χ1) is 7.91. The quantitative estimate of drug-likeness (QED) is 0.761. The maximum Gasteiger partial charge on any atom is 0.411 e. The van der Waals surface area contributed by atoms with E-state index in [0.717, 1.165) is 13.0 Å². The van der Waals surface area contributed by atoms with E-state index in [1.165, 1.54) is 0 Å². The van der Waals surface area contributed by atoms with E-state index in [0.29, 0.717) is 19.3 Å². The van der Waals surface area contributed by atoms with Gasteiger partial charge in [-0.1, -0.05) is 6.92 Å². The number of rotatable bonds is 6. The van der Waals surface area contributed by atoms with Crippen molar-refractivity contribution in [3.63, 3.8) is 0 Å². The van der Waals surface area contributed by atoms with Crippen LogP contribution in [0.2, 0.25) is 0 Å². The Morgan fingerprint density at radius 3 is 2.71 bits per heavy atom. The first-order valence-electron chi connectivity index (χ1n) is 5.95. The number of halogens is 3. The van der Waals surface area contributed by atoms with Gasteiger partial charge in [-0.3, -0.25) is 0 Å². The highest BCUT2D eigenvalue weighted by Gasteiger charge is 2.40. The zero-order valence-corrected chi connectivity index (χ0v) is 10.0. The van der Waals surface area contributed by atoms with Crippen LogP contribution < -0.4 is 5.32 Å². The second-order valence-electron chi connectivity index (χ2n) is 4.66. The number of alkyl halides is 3. The summed E-state index contributed by atoms with van der Waals surface area (Å²) in [6.07, 6.45) is -2.09. The molecule has 2 atom stereocenters. The summed E-state index contributed by atoms with van der Waals surface area (Å²) in [5.41, 5.74) is -0.452. The van der Waals surface area contributed by atoms with Gasteiger partial charge in [0.25, 0.3) is 0 Å². The summed E-state index contributed by atoms with van der Waals surface area (Å²) in [5.74, 6) is 0. The molecule has 17 heavy (non-hydrogen) atoms. The van der Waals surface area contributed by atoms with E-state index in [4.69, 9.17) is 4.74 Å². The van der Waals surface area contributed by atoms with Crippen molar-refractivity contribution in [1.82, 2.24) is 5.32 Å². The smallest absolute Gasteiger partial charge is 0.394 e. The van der Waals surface area contributed by atoms with Crippen molar-refractivity contribution in [3.05, 3.63) is 0 Å². The van der Waals surface area contributed by atoms with Gasteiger partial charge in [-0.05, 0) is 32.2 Å². The minimum atomic E-state index is -4.28. The molecule has 0 saturated heterocycles. The van der Waals surface area contributed by atoms with Gasteiger partial charge in [0.05, 0.1) is 12.7 Å². The van der Waals surface area contributed by atoms with Crippen LogP contribution in [0.3, 0.4) is 0 Å². The first kappa shape index (κ1) is 14.7. The molecular weight excluding hydrogens is 235 g/mol. The maximum absolute atomic E-state index is 12.0. The van der Waals surface area contributed by atoms with Crippen LogP contribution >= 0.6 is 0 Å². The summed E-state index contributed by atoms with van der Waals surface area (Å²) in [5, 5.41) is 12.6. The lowest BCUT2D eigenvalue weighted by atomic mass is 9.98. The lowest BCUT2D eigenvalue weighted by Crippen LogP contribution is -2.47. The molecule has 0 aromatic carbocycles. The Labute approximate surface area is 99.3 Å². The fourth-order valence-electron chi connectivity index (χ4n) is 2.18. The SMILES string of the molecule is CCCNC1(CO)CCC(OCC(F)(F)F)C1. The van der Waals surface area contributed by atoms with Crippen molar-refractivity contribution in [1.29, 1.82) is 0 Å². The van der Waals surface area contributed by atoms with Crippen LogP contribution in [0.25, 0.3) is 0 Å². The highest BCUT2D eigenvalue weighted by atomic mass is 19.4. The molecule has 6 heteroatoms. The molecule has 0 aromatic rings. The normalized spacial score (nSPS) is 29.8. The Morgan fingerprint density at radius 1 is 1.47 bits per heavy atom. The summed E-state index contributed by atoms with van der Waals surface area (Å²) in [6, 6.07) is 0. The Hall–Kier alpha value is -0.330. The molecule has 102 valence electrons. The lowest BCUT2D eigenvalue weighted by molar-refractivity contribution is -0.185. The molecule has 0 amide bonds. The van der Waals surface area contributed by atoms with Crippen molar-refractivity contribution >= 4 is 0 Å². The van der Waals surface area contributed by atoms with E-state index < -0.39 is 24.4 Å². The van der Waals surface area contributed by atoms with Gasteiger partial charge in [0.2, 0.25) is 0 Å². The molecule has 2 N–H and O–H groups in total. The molecule has 0 bridgehead atoms. The molecule has 0 heterocycles. The molecule has 1 aliphatic rings. The van der Waals surface area contributed by atoms with E-state index in [-0.39, 0.29) is 6.61 Å². The molecule has 3 nitrogen and oxygen atoms in total. The van der Waals surface area contributed by atoms with Crippen LogP contribution in [-0.2, 0) is 4.74 Å². The molecule has 0 aliphatic heterocycles. The standard InChI is InChI=1S/C11H20F3NO2/c1-2-5-15-10(7-16)4-3-9(6-10)17-8-11(12,13)14/h9,15-16H,2-8H2,1H3. The third kappa shape index (κ3) is 4.81. The zero-order valence-electron chi connectivity index (χ0n) is 10.0. The van der Waals surface area contributed by atoms with Crippen molar-refractivity contribution in [2.75, 3.05) is 19.8 Å². The number of hydrogen-bond donors (Lipinski definition) is 2. The summed E-state index contributed by atoms with van der Waals surface area (Å²) in [6.45, 7) is 1.50. The highest BCUT2D eigenvalue weighted by Crippen LogP contribution is 2.32. The van der Waals surface area contributed by atoms with Crippen LogP contribution in [0.4, 0.5) is 13.2 Å².